The maximum Gasteiger partial charge on any atom is 0.309 e. The molecule has 0 aromatic carbocycles. The summed E-state index contributed by atoms with van der Waals surface area (Å²) in [6, 6.07) is 0. The predicted molar refractivity (Wildman–Crippen MR) is 82.2 cm³/mol. The van der Waals surface area contributed by atoms with Crippen molar-refractivity contribution in [3.8, 4) is 0 Å². The van der Waals surface area contributed by atoms with Gasteiger partial charge in [0, 0.05) is 0 Å². The van der Waals surface area contributed by atoms with Crippen LogP contribution in [-0.4, -0.2) is 48.6 Å². The molecule has 1 unspecified atom stereocenters. The van der Waals surface area contributed by atoms with Crippen molar-refractivity contribution in [2.45, 2.75) is 58.3 Å². The van der Waals surface area contributed by atoms with Gasteiger partial charge in [0.15, 0.2) is 0 Å². The van der Waals surface area contributed by atoms with Crippen molar-refractivity contribution in [1.82, 2.24) is 0 Å². The highest BCUT2D eigenvalue weighted by Crippen LogP contribution is 2.17. The van der Waals surface area contributed by atoms with Crippen LogP contribution in [0.25, 0.3) is 0 Å². The molecular weight excluding hydrogens is 288 g/mol. The average molecular weight is 318 g/mol. The highest BCUT2D eigenvalue weighted by molar-refractivity contribution is 5.79. The molecule has 0 saturated heterocycles. The topological polar surface area (TPSA) is 93.1 Å². The normalized spacial score (nSPS) is 12.0. The van der Waals surface area contributed by atoms with Crippen LogP contribution in [0.1, 0.15) is 58.3 Å². The second kappa shape index (κ2) is 14.8. The first kappa shape index (κ1) is 20.9. The van der Waals surface area contributed by atoms with Gasteiger partial charge < -0.3 is 19.7 Å². The van der Waals surface area contributed by atoms with E-state index in [1.54, 1.807) is 0 Å². The summed E-state index contributed by atoms with van der Waals surface area (Å²) in [4.78, 5) is 23.5. The summed E-state index contributed by atoms with van der Waals surface area (Å²) in [6.07, 6.45) is 7.13. The predicted octanol–water partition coefficient (Wildman–Crippen LogP) is 1.81. The number of carbonyl (C=O) groups excluding carboxylic acids is 2. The molecule has 130 valence electrons. The monoisotopic (exact) mass is 318 g/mol. The van der Waals surface area contributed by atoms with Crippen LogP contribution in [0, 0.1) is 5.92 Å². The van der Waals surface area contributed by atoms with Gasteiger partial charge in [0.2, 0.25) is 0 Å². The zero-order valence-electron chi connectivity index (χ0n) is 13.6. The zero-order valence-corrected chi connectivity index (χ0v) is 13.6. The van der Waals surface area contributed by atoms with Gasteiger partial charge in [-0.15, -0.1) is 0 Å². The van der Waals surface area contributed by atoms with Gasteiger partial charge in [-0.1, -0.05) is 45.4 Å². The van der Waals surface area contributed by atoms with Crippen LogP contribution < -0.4 is 0 Å². The molecule has 22 heavy (non-hydrogen) atoms. The molecule has 0 aromatic rings. The van der Waals surface area contributed by atoms with Crippen molar-refractivity contribution in [1.29, 1.82) is 0 Å². The minimum atomic E-state index is -0.538. The van der Waals surface area contributed by atoms with Gasteiger partial charge in [-0.25, -0.2) is 0 Å². The lowest BCUT2D eigenvalue weighted by atomic mass is 9.97. The largest absolute Gasteiger partial charge is 0.463 e. The first-order chi connectivity index (χ1) is 10.7. The summed E-state index contributed by atoms with van der Waals surface area (Å²) in [5.74, 6) is -1.52. The fourth-order valence-electron chi connectivity index (χ4n) is 2.16. The summed E-state index contributed by atoms with van der Waals surface area (Å²) in [6.45, 7) is 1.57. The molecule has 0 radical (unpaired) electrons. The van der Waals surface area contributed by atoms with Gasteiger partial charge in [0.05, 0.1) is 25.6 Å². The van der Waals surface area contributed by atoms with Crippen LogP contribution in [-0.2, 0) is 19.1 Å². The van der Waals surface area contributed by atoms with Gasteiger partial charge in [-0.3, -0.25) is 9.59 Å². The molecule has 0 amide bonds. The molecule has 0 saturated carbocycles. The fourth-order valence-corrected chi connectivity index (χ4v) is 2.16. The second-order valence-electron chi connectivity index (χ2n) is 5.29. The molecular formula is C16H30O6. The third-order valence-electron chi connectivity index (χ3n) is 3.34. The standard InChI is InChI=1S/C16H30O6/c1-2-3-4-5-6-7-8-14(16(20)22-12-10-18)13-15(19)21-11-9-17/h14,17-18H,2-13H2,1H3. The molecule has 0 aliphatic carbocycles. The molecule has 6 heteroatoms. The summed E-state index contributed by atoms with van der Waals surface area (Å²) in [7, 11) is 0. The van der Waals surface area contributed by atoms with Crippen LogP contribution in [0.4, 0.5) is 0 Å². The van der Waals surface area contributed by atoms with E-state index in [0.29, 0.717) is 6.42 Å². The van der Waals surface area contributed by atoms with Crippen LogP contribution in [0.3, 0.4) is 0 Å². The molecule has 0 rings (SSSR count). The van der Waals surface area contributed by atoms with Crippen molar-refractivity contribution in [3.63, 3.8) is 0 Å². The van der Waals surface area contributed by atoms with Crippen molar-refractivity contribution in [2.75, 3.05) is 26.4 Å². The number of ether oxygens (including phenoxy) is 2. The van der Waals surface area contributed by atoms with E-state index in [0.717, 1.165) is 19.3 Å². The molecule has 0 spiro atoms. The molecule has 6 nitrogen and oxygen atoms in total. The first-order valence-corrected chi connectivity index (χ1v) is 8.19. The van der Waals surface area contributed by atoms with Gasteiger partial charge in [-0.05, 0) is 6.42 Å². The van der Waals surface area contributed by atoms with E-state index in [9.17, 15) is 9.59 Å². The van der Waals surface area contributed by atoms with E-state index in [-0.39, 0.29) is 32.8 Å². The van der Waals surface area contributed by atoms with E-state index in [1.165, 1.54) is 19.3 Å². The highest BCUT2D eigenvalue weighted by Gasteiger charge is 2.23. The summed E-state index contributed by atoms with van der Waals surface area (Å²) in [5.41, 5.74) is 0. The maximum atomic E-state index is 11.9. The first-order valence-electron chi connectivity index (χ1n) is 8.19. The van der Waals surface area contributed by atoms with Crippen LogP contribution in [0.5, 0.6) is 0 Å². The third kappa shape index (κ3) is 11.5. The molecule has 1 atom stereocenters. The quantitative estimate of drug-likeness (QED) is 0.375. The Balaban J connectivity index is 4.15. The van der Waals surface area contributed by atoms with Gasteiger partial charge >= 0.3 is 11.9 Å². The minimum Gasteiger partial charge on any atom is -0.463 e. The molecule has 0 aliphatic heterocycles. The summed E-state index contributed by atoms with van der Waals surface area (Å²) >= 11 is 0. The van der Waals surface area contributed by atoms with E-state index < -0.39 is 17.9 Å². The molecule has 0 heterocycles. The summed E-state index contributed by atoms with van der Waals surface area (Å²) < 4.78 is 9.70. The number of aliphatic hydroxyl groups excluding tert-OH is 2. The highest BCUT2D eigenvalue weighted by atomic mass is 16.5. The number of esters is 2. The van der Waals surface area contributed by atoms with E-state index >= 15 is 0 Å². The summed E-state index contributed by atoms with van der Waals surface area (Å²) in [5, 5.41) is 17.3. The molecule has 0 aromatic heterocycles. The Morgan fingerprint density at radius 1 is 0.909 bits per heavy atom. The molecule has 2 N–H and O–H groups in total. The van der Waals surface area contributed by atoms with Crippen LogP contribution in [0.2, 0.25) is 0 Å². The second-order valence-corrected chi connectivity index (χ2v) is 5.29. The molecule has 0 bridgehead atoms. The number of unbranched alkanes of at least 4 members (excludes halogenated alkanes) is 5. The van der Waals surface area contributed by atoms with Crippen molar-refractivity contribution < 1.29 is 29.3 Å². The third-order valence-corrected chi connectivity index (χ3v) is 3.34. The average Bonchev–Trinajstić information content (AvgIpc) is 2.52. The number of rotatable bonds is 14. The molecule has 0 fully saturated rings. The smallest absolute Gasteiger partial charge is 0.309 e. The zero-order chi connectivity index (χ0) is 16.6. The fraction of sp³-hybridized carbons (Fsp3) is 0.875. The van der Waals surface area contributed by atoms with Crippen molar-refractivity contribution in [3.05, 3.63) is 0 Å². The maximum absolute atomic E-state index is 11.9. The lowest BCUT2D eigenvalue weighted by Crippen LogP contribution is -2.23. The SMILES string of the molecule is CCCCCCCCC(CC(=O)OCCO)C(=O)OCCO. The lowest BCUT2D eigenvalue weighted by Gasteiger charge is -2.15. The van der Waals surface area contributed by atoms with E-state index in [2.05, 4.69) is 6.92 Å². The number of carbonyl (C=O) groups is 2. The minimum absolute atomic E-state index is 0.0424. The Morgan fingerprint density at radius 2 is 1.50 bits per heavy atom. The Kier molecular flexibility index (Phi) is 14.0. The van der Waals surface area contributed by atoms with E-state index in [4.69, 9.17) is 19.7 Å². The Hall–Kier alpha value is -1.14. The Bertz CT molecular complexity index is 292. The van der Waals surface area contributed by atoms with Crippen LogP contribution >= 0.6 is 0 Å². The Labute approximate surface area is 132 Å². The van der Waals surface area contributed by atoms with Gasteiger partial charge in [0.1, 0.15) is 13.2 Å². The molecule has 0 aliphatic rings. The Morgan fingerprint density at radius 3 is 2.14 bits per heavy atom. The number of hydrogen-bond acceptors (Lipinski definition) is 6. The van der Waals surface area contributed by atoms with E-state index in [1.807, 2.05) is 0 Å². The lowest BCUT2D eigenvalue weighted by molar-refractivity contribution is -0.156. The number of hydrogen-bond donors (Lipinski definition) is 2. The number of aliphatic hydroxyl groups is 2. The van der Waals surface area contributed by atoms with Crippen LogP contribution in [0.15, 0.2) is 0 Å². The van der Waals surface area contributed by atoms with Crippen molar-refractivity contribution in [2.24, 2.45) is 5.92 Å². The van der Waals surface area contributed by atoms with Gasteiger partial charge in [0.25, 0.3) is 0 Å². The van der Waals surface area contributed by atoms with Crippen molar-refractivity contribution >= 4 is 11.9 Å². The van der Waals surface area contributed by atoms with Gasteiger partial charge in [-0.2, -0.15) is 0 Å².